The lowest BCUT2D eigenvalue weighted by Gasteiger charge is -2.36. The highest BCUT2D eigenvalue weighted by molar-refractivity contribution is 7.89. The van der Waals surface area contributed by atoms with Gasteiger partial charge >= 0.3 is 0 Å². The van der Waals surface area contributed by atoms with Crippen LogP contribution in [0.25, 0.3) is 0 Å². The van der Waals surface area contributed by atoms with Gasteiger partial charge in [-0.25, -0.2) is 12.8 Å². The zero-order valence-electron chi connectivity index (χ0n) is 17.0. The molecule has 1 aromatic carbocycles. The molecule has 2 aliphatic rings. The van der Waals surface area contributed by atoms with Crippen molar-refractivity contribution >= 4 is 15.9 Å². The minimum Gasteiger partial charge on any atom is -0.383 e. The fraction of sp³-hybridized carbons (Fsp3) is 0.571. The third kappa shape index (κ3) is 4.87. The molecular formula is C21H29FN2O4S. The molecule has 1 fully saturated rings. The third-order valence-electron chi connectivity index (χ3n) is 5.85. The number of carbonyl (C=O) groups is 1. The Labute approximate surface area is 172 Å². The summed E-state index contributed by atoms with van der Waals surface area (Å²) in [6, 6.07) is 4.13. The van der Waals surface area contributed by atoms with Crippen LogP contribution in [0.15, 0.2) is 35.2 Å². The number of ether oxygens (including phenoxy) is 1. The van der Waals surface area contributed by atoms with Crippen LogP contribution in [-0.2, 0) is 19.6 Å². The molecule has 0 bridgehead atoms. The Hall–Kier alpha value is -1.77. The number of rotatable bonds is 6. The van der Waals surface area contributed by atoms with E-state index >= 15 is 0 Å². The summed E-state index contributed by atoms with van der Waals surface area (Å²) in [6.45, 7) is 3.96. The Morgan fingerprint density at radius 3 is 2.62 bits per heavy atom. The minimum atomic E-state index is -3.88. The smallest absolute Gasteiger partial charge is 0.245 e. The van der Waals surface area contributed by atoms with E-state index in [9.17, 15) is 17.6 Å². The highest BCUT2D eigenvalue weighted by Crippen LogP contribution is 2.33. The van der Waals surface area contributed by atoms with Gasteiger partial charge in [-0.2, -0.15) is 4.31 Å². The van der Waals surface area contributed by atoms with Crippen molar-refractivity contribution in [2.75, 3.05) is 39.9 Å². The molecule has 0 spiro atoms. The van der Waals surface area contributed by atoms with Crippen molar-refractivity contribution in [3.8, 4) is 0 Å². The molecule has 0 unspecified atom stereocenters. The topological polar surface area (TPSA) is 66.9 Å². The van der Waals surface area contributed by atoms with E-state index in [1.165, 1.54) is 16.4 Å². The Balaban J connectivity index is 1.68. The highest BCUT2D eigenvalue weighted by atomic mass is 32.2. The molecule has 3 rings (SSSR count). The van der Waals surface area contributed by atoms with Gasteiger partial charge in [0.1, 0.15) is 10.7 Å². The predicted octanol–water partition coefficient (Wildman–Crippen LogP) is 2.59. The Morgan fingerprint density at radius 2 is 1.93 bits per heavy atom. The van der Waals surface area contributed by atoms with Gasteiger partial charge in [0.05, 0.1) is 6.61 Å². The van der Waals surface area contributed by atoms with Crippen LogP contribution in [0.4, 0.5) is 4.39 Å². The number of halogens is 1. The second-order valence-corrected chi connectivity index (χ2v) is 9.67. The van der Waals surface area contributed by atoms with Crippen LogP contribution in [0.5, 0.6) is 0 Å². The molecule has 1 saturated heterocycles. The molecule has 2 heterocycles. The number of benzene rings is 1. The molecule has 6 nitrogen and oxygen atoms in total. The summed E-state index contributed by atoms with van der Waals surface area (Å²) >= 11 is 0. The fourth-order valence-corrected chi connectivity index (χ4v) is 5.75. The van der Waals surface area contributed by atoms with Crippen LogP contribution in [-0.4, -0.2) is 63.4 Å². The first-order valence-electron chi connectivity index (χ1n) is 10.0. The van der Waals surface area contributed by atoms with Crippen molar-refractivity contribution in [2.24, 2.45) is 11.8 Å². The summed E-state index contributed by atoms with van der Waals surface area (Å²) in [4.78, 5) is 14.5. The van der Waals surface area contributed by atoms with Crippen LogP contribution >= 0.6 is 0 Å². The van der Waals surface area contributed by atoms with Crippen LogP contribution < -0.4 is 0 Å². The molecule has 29 heavy (non-hydrogen) atoms. The molecule has 160 valence electrons. The normalized spacial score (nSPS) is 22.1. The quantitative estimate of drug-likeness (QED) is 0.659. The first-order chi connectivity index (χ1) is 13.8. The number of methoxy groups -OCH3 is 1. The number of carbonyl (C=O) groups excluding carboxylic acids is 1. The molecule has 1 atom stereocenters. The van der Waals surface area contributed by atoms with E-state index < -0.39 is 15.8 Å². The third-order valence-corrected chi connectivity index (χ3v) is 7.76. The summed E-state index contributed by atoms with van der Waals surface area (Å²) in [5, 5.41) is 0. The fourth-order valence-electron chi connectivity index (χ4n) is 4.13. The molecule has 8 heteroatoms. The number of aryl methyl sites for hydroxylation is 1. The molecule has 0 aliphatic carbocycles. The van der Waals surface area contributed by atoms with Crippen molar-refractivity contribution < 1.29 is 22.3 Å². The molecule has 0 saturated carbocycles. The number of nitrogens with zero attached hydrogens (tertiary/aromatic N) is 2. The first-order valence-corrected chi connectivity index (χ1v) is 11.5. The first kappa shape index (κ1) is 21.9. The Morgan fingerprint density at radius 1 is 1.21 bits per heavy atom. The van der Waals surface area contributed by atoms with Crippen molar-refractivity contribution in [1.82, 2.24) is 9.21 Å². The predicted molar refractivity (Wildman–Crippen MR) is 108 cm³/mol. The van der Waals surface area contributed by atoms with Gasteiger partial charge in [0.2, 0.25) is 15.9 Å². The number of sulfonamides is 1. The highest BCUT2D eigenvalue weighted by Gasteiger charge is 2.37. The molecule has 1 aromatic rings. The van der Waals surface area contributed by atoms with E-state index in [1.54, 1.807) is 20.1 Å². The summed E-state index contributed by atoms with van der Waals surface area (Å²) in [7, 11) is -2.27. The van der Waals surface area contributed by atoms with Gasteiger partial charge in [-0.05, 0) is 49.8 Å². The maximum Gasteiger partial charge on any atom is 0.245 e. The van der Waals surface area contributed by atoms with Gasteiger partial charge in [0.15, 0.2) is 0 Å². The molecule has 2 aliphatic heterocycles. The van der Waals surface area contributed by atoms with Gasteiger partial charge < -0.3 is 9.64 Å². The molecular weight excluding hydrogens is 395 g/mol. The maximum absolute atomic E-state index is 14.2. The SMILES string of the molecule is COCCN1CC=CC[C@@H](C2CCN(S(=O)(=O)c3cc(C)ccc3F)CC2)C1=O. The summed E-state index contributed by atoms with van der Waals surface area (Å²) in [6.07, 6.45) is 5.91. The number of piperidine rings is 1. The Kier molecular flexibility index (Phi) is 7.08. The zero-order chi connectivity index (χ0) is 21.0. The van der Waals surface area contributed by atoms with Gasteiger partial charge in [-0.15, -0.1) is 0 Å². The van der Waals surface area contributed by atoms with Gasteiger partial charge in [0, 0.05) is 39.2 Å². The van der Waals surface area contributed by atoms with Gasteiger partial charge in [0.25, 0.3) is 0 Å². The zero-order valence-corrected chi connectivity index (χ0v) is 17.8. The summed E-state index contributed by atoms with van der Waals surface area (Å²) in [5.74, 6) is -0.649. The largest absolute Gasteiger partial charge is 0.383 e. The van der Waals surface area contributed by atoms with Crippen LogP contribution in [0.1, 0.15) is 24.8 Å². The maximum atomic E-state index is 14.2. The molecule has 0 N–H and O–H groups in total. The lowest BCUT2D eigenvalue weighted by molar-refractivity contribution is -0.137. The molecule has 0 radical (unpaired) electrons. The second-order valence-electron chi connectivity index (χ2n) is 7.77. The van der Waals surface area contributed by atoms with Crippen molar-refractivity contribution in [2.45, 2.75) is 31.1 Å². The number of allylic oxidation sites excluding steroid dienone is 1. The van der Waals surface area contributed by atoms with E-state index in [0.29, 0.717) is 57.6 Å². The van der Waals surface area contributed by atoms with Crippen molar-refractivity contribution in [1.29, 1.82) is 0 Å². The summed E-state index contributed by atoms with van der Waals surface area (Å²) in [5.41, 5.74) is 0.701. The monoisotopic (exact) mass is 424 g/mol. The number of hydrogen-bond acceptors (Lipinski definition) is 4. The van der Waals surface area contributed by atoms with Gasteiger partial charge in [-0.3, -0.25) is 4.79 Å². The van der Waals surface area contributed by atoms with E-state index in [2.05, 4.69) is 0 Å². The Bertz CT molecular complexity index is 863. The summed E-state index contributed by atoms with van der Waals surface area (Å²) < 4.78 is 46.4. The number of amides is 1. The number of hydrogen-bond donors (Lipinski definition) is 0. The van der Waals surface area contributed by atoms with Crippen molar-refractivity contribution in [3.05, 3.63) is 41.7 Å². The average Bonchev–Trinajstić information content (AvgIpc) is 2.89. The minimum absolute atomic E-state index is 0.109. The van der Waals surface area contributed by atoms with Crippen LogP contribution in [0.3, 0.4) is 0 Å². The lowest BCUT2D eigenvalue weighted by Crippen LogP contribution is -2.44. The van der Waals surface area contributed by atoms with Gasteiger partial charge in [-0.1, -0.05) is 18.2 Å². The second kappa shape index (κ2) is 9.36. The van der Waals surface area contributed by atoms with Crippen LogP contribution in [0.2, 0.25) is 0 Å². The van der Waals surface area contributed by atoms with Crippen molar-refractivity contribution in [3.63, 3.8) is 0 Å². The van der Waals surface area contributed by atoms with E-state index in [1.807, 2.05) is 17.1 Å². The lowest BCUT2D eigenvalue weighted by atomic mass is 9.82. The van der Waals surface area contributed by atoms with Crippen LogP contribution in [0, 0.1) is 24.6 Å². The molecule has 1 amide bonds. The molecule has 0 aromatic heterocycles. The van der Waals surface area contributed by atoms with E-state index in [4.69, 9.17) is 4.74 Å². The van der Waals surface area contributed by atoms with E-state index in [0.717, 1.165) is 0 Å². The standard InChI is InChI=1S/C21H29FN2O4S/c1-16-6-7-19(22)20(15-16)29(26,27)24-11-8-17(9-12-24)18-5-3-4-10-23(21(18)25)13-14-28-2/h3-4,6-7,15,17-18H,5,8-14H2,1-2H3/t18-/m0/s1. The average molecular weight is 425 g/mol. The van der Waals surface area contributed by atoms with E-state index in [-0.39, 0.29) is 22.6 Å².